The Kier molecular flexibility index (Phi) is 5.97. The molecular weight excluding hydrogens is 493 g/mol. The predicted octanol–water partition coefficient (Wildman–Crippen LogP) is 6.25. The van der Waals surface area contributed by atoms with Crippen LogP contribution in [0, 0.1) is 0 Å². The van der Waals surface area contributed by atoms with Gasteiger partial charge in [-0.15, -0.1) is 0 Å². The van der Waals surface area contributed by atoms with E-state index in [2.05, 4.69) is 47.0 Å². The molecule has 7 aromatic rings. The summed E-state index contributed by atoms with van der Waals surface area (Å²) in [6, 6.07) is 44.3. The first-order valence-electron chi connectivity index (χ1n) is 13.2. The Balaban J connectivity index is 1.43. The van der Waals surface area contributed by atoms with Crippen molar-refractivity contribution in [1.29, 1.82) is 0 Å². The van der Waals surface area contributed by atoms with Crippen molar-refractivity contribution in [3.8, 4) is 39.6 Å². The van der Waals surface area contributed by atoms with Crippen molar-refractivity contribution in [2.75, 3.05) is 0 Å². The van der Waals surface area contributed by atoms with Crippen LogP contribution in [0.2, 0.25) is 0 Å². The van der Waals surface area contributed by atoms with Crippen LogP contribution in [0.1, 0.15) is 0 Å². The number of benzene rings is 5. The quantitative estimate of drug-likeness (QED) is 0.265. The molecule has 2 N–H and O–H groups in total. The monoisotopic (exact) mass is 517 g/mol. The van der Waals surface area contributed by atoms with E-state index in [0.29, 0.717) is 11.3 Å². The van der Waals surface area contributed by atoms with Crippen molar-refractivity contribution in [3.63, 3.8) is 0 Å². The fourth-order valence-electron chi connectivity index (χ4n) is 5.30. The summed E-state index contributed by atoms with van der Waals surface area (Å²) in [4.78, 5) is 9.92. The zero-order valence-electron chi connectivity index (χ0n) is 21.5. The summed E-state index contributed by atoms with van der Waals surface area (Å²) >= 11 is 0. The molecule has 0 aliphatic rings. The molecule has 190 valence electrons. The van der Waals surface area contributed by atoms with Crippen LogP contribution in [-0.2, 0) is 0 Å². The summed E-state index contributed by atoms with van der Waals surface area (Å²) in [6.07, 6.45) is 0. The first kappa shape index (κ1) is 24.0. The van der Waals surface area contributed by atoms with Crippen molar-refractivity contribution in [1.82, 2.24) is 14.5 Å². The second-order valence-electron chi connectivity index (χ2n) is 9.75. The van der Waals surface area contributed by atoms with Gasteiger partial charge in [-0.1, -0.05) is 103 Å². The molecule has 40 heavy (non-hydrogen) atoms. The Labute approximate surface area is 231 Å². The van der Waals surface area contributed by atoms with Gasteiger partial charge in [0.25, 0.3) is 0 Å². The summed E-state index contributed by atoms with van der Waals surface area (Å²) in [6.45, 7) is 0. The maximum Gasteiger partial charge on any atom is 0.488 e. The van der Waals surface area contributed by atoms with E-state index in [-0.39, 0.29) is 0 Å². The number of aromatic nitrogens is 3. The van der Waals surface area contributed by atoms with Crippen molar-refractivity contribution in [3.05, 3.63) is 133 Å². The molecule has 5 nitrogen and oxygen atoms in total. The van der Waals surface area contributed by atoms with Gasteiger partial charge in [0.05, 0.1) is 22.4 Å². The maximum atomic E-state index is 9.79. The highest BCUT2D eigenvalue weighted by Crippen LogP contribution is 2.33. The molecule has 0 radical (unpaired) electrons. The number of fused-ring (bicyclic) bond motifs is 3. The molecule has 6 heteroatoms. The Morgan fingerprint density at radius 3 is 1.88 bits per heavy atom. The number of hydrogen-bond donors (Lipinski definition) is 2. The van der Waals surface area contributed by atoms with E-state index < -0.39 is 7.12 Å². The summed E-state index contributed by atoms with van der Waals surface area (Å²) in [5.41, 5.74) is 8.14. The molecule has 0 fully saturated rings. The van der Waals surface area contributed by atoms with Crippen LogP contribution in [0.5, 0.6) is 0 Å². The fraction of sp³-hybridized carbons (Fsp3) is 0. The molecule has 2 heterocycles. The number of nitrogens with zero attached hydrogens (tertiary/aromatic N) is 3. The van der Waals surface area contributed by atoms with Crippen LogP contribution in [-0.4, -0.2) is 31.7 Å². The normalized spacial score (nSPS) is 11.2. The van der Waals surface area contributed by atoms with Gasteiger partial charge in [0.1, 0.15) is 0 Å². The highest BCUT2D eigenvalue weighted by atomic mass is 16.4. The first-order chi connectivity index (χ1) is 19.7. The molecule has 0 saturated heterocycles. The molecule has 7 rings (SSSR count). The van der Waals surface area contributed by atoms with Gasteiger partial charge in [0.2, 0.25) is 0 Å². The van der Waals surface area contributed by atoms with Crippen molar-refractivity contribution in [2.45, 2.75) is 0 Å². The van der Waals surface area contributed by atoms with Gasteiger partial charge >= 0.3 is 7.12 Å². The minimum absolute atomic E-state index is 0.465. The molecule has 0 atom stereocenters. The maximum absolute atomic E-state index is 9.79. The minimum Gasteiger partial charge on any atom is -0.423 e. The Morgan fingerprint density at radius 2 is 1.12 bits per heavy atom. The van der Waals surface area contributed by atoms with E-state index >= 15 is 0 Å². The predicted molar refractivity (Wildman–Crippen MR) is 163 cm³/mol. The van der Waals surface area contributed by atoms with Crippen LogP contribution in [0.3, 0.4) is 0 Å². The van der Waals surface area contributed by atoms with E-state index in [9.17, 15) is 10.0 Å². The van der Waals surface area contributed by atoms with Crippen LogP contribution >= 0.6 is 0 Å². The molecule has 2 aromatic heterocycles. The third-order valence-corrected chi connectivity index (χ3v) is 7.22. The van der Waals surface area contributed by atoms with Crippen LogP contribution < -0.4 is 5.46 Å². The van der Waals surface area contributed by atoms with E-state index in [1.807, 2.05) is 84.9 Å². The second kappa shape index (κ2) is 9.93. The molecule has 0 aliphatic carbocycles. The summed E-state index contributed by atoms with van der Waals surface area (Å²) < 4.78 is 2.21. The summed E-state index contributed by atoms with van der Waals surface area (Å²) in [5.74, 6) is 0.675. The lowest BCUT2D eigenvalue weighted by molar-refractivity contribution is 0.426. The molecule has 0 bridgehead atoms. The van der Waals surface area contributed by atoms with Gasteiger partial charge in [-0.2, -0.15) is 0 Å². The lowest BCUT2D eigenvalue weighted by atomic mass is 9.80. The highest BCUT2D eigenvalue weighted by molar-refractivity contribution is 6.59. The topological polar surface area (TPSA) is 71.2 Å². The average molecular weight is 517 g/mol. The highest BCUT2D eigenvalue weighted by Gasteiger charge is 2.17. The smallest absolute Gasteiger partial charge is 0.423 e. The van der Waals surface area contributed by atoms with Crippen molar-refractivity contribution in [2.24, 2.45) is 0 Å². The van der Waals surface area contributed by atoms with Crippen LogP contribution in [0.25, 0.3) is 61.4 Å². The molecule has 5 aromatic carbocycles. The third kappa shape index (κ3) is 4.26. The lowest BCUT2D eigenvalue weighted by Crippen LogP contribution is -2.29. The van der Waals surface area contributed by atoms with Gasteiger partial charge in [0.15, 0.2) is 5.82 Å². The Bertz CT molecular complexity index is 1930. The molecular formula is C34H24BN3O2. The fourth-order valence-corrected chi connectivity index (χ4v) is 5.30. The van der Waals surface area contributed by atoms with Crippen molar-refractivity contribution < 1.29 is 10.0 Å². The molecule has 0 amide bonds. The van der Waals surface area contributed by atoms with Gasteiger partial charge in [-0.05, 0) is 35.8 Å². The standard InChI is InChI=1S/C34H24BN3O2/c39-35(40)26-18-19-33-29(21-26)28-16-7-8-17-32(28)38(33)27-15-9-14-25(20-27)31-22-30(23-10-3-1-4-11-23)36-34(37-31)24-12-5-2-6-13-24/h1-22,39-40H. The number of hydrogen-bond acceptors (Lipinski definition) is 4. The minimum atomic E-state index is -1.52. The Morgan fingerprint density at radius 1 is 0.500 bits per heavy atom. The van der Waals surface area contributed by atoms with Gasteiger partial charge < -0.3 is 14.6 Å². The largest absolute Gasteiger partial charge is 0.488 e. The number of rotatable bonds is 5. The third-order valence-electron chi connectivity index (χ3n) is 7.22. The molecule has 0 aliphatic heterocycles. The van der Waals surface area contributed by atoms with Crippen molar-refractivity contribution >= 4 is 34.4 Å². The van der Waals surface area contributed by atoms with E-state index in [1.54, 1.807) is 6.07 Å². The summed E-state index contributed by atoms with van der Waals surface area (Å²) in [5, 5.41) is 21.6. The van der Waals surface area contributed by atoms with E-state index in [0.717, 1.165) is 55.6 Å². The molecule has 0 saturated carbocycles. The van der Waals surface area contributed by atoms with Crippen LogP contribution in [0.15, 0.2) is 133 Å². The van der Waals surface area contributed by atoms with E-state index in [1.165, 1.54) is 0 Å². The molecule has 0 unspecified atom stereocenters. The lowest BCUT2D eigenvalue weighted by Gasteiger charge is -2.12. The molecule has 0 spiro atoms. The number of para-hydroxylation sites is 1. The zero-order valence-corrected chi connectivity index (χ0v) is 21.5. The van der Waals surface area contributed by atoms with Crippen LogP contribution in [0.4, 0.5) is 0 Å². The summed E-state index contributed by atoms with van der Waals surface area (Å²) in [7, 11) is -1.52. The van der Waals surface area contributed by atoms with Gasteiger partial charge in [-0.3, -0.25) is 0 Å². The first-order valence-corrected chi connectivity index (χ1v) is 13.2. The van der Waals surface area contributed by atoms with E-state index in [4.69, 9.17) is 9.97 Å². The SMILES string of the molecule is OB(O)c1ccc2c(c1)c1ccccc1n2-c1cccc(-c2cc(-c3ccccc3)nc(-c3ccccc3)n2)c1. The van der Waals surface area contributed by atoms with Gasteiger partial charge in [-0.25, -0.2) is 9.97 Å². The second-order valence-corrected chi connectivity index (χ2v) is 9.75. The zero-order chi connectivity index (χ0) is 27.1. The van der Waals surface area contributed by atoms with Gasteiger partial charge in [0, 0.05) is 33.2 Å². The average Bonchev–Trinajstić information content (AvgIpc) is 3.35. The Hall–Kier alpha value is -5.04.